The van der Waals surface area contributed by atoms with Crippen LogP contribution in [0.5, 0.6) is 0 Å². The van der Waals surface area contributed by atoms with Crippen LogP contribution in [0.15, 0.2) is 48.9 Å². The summed E-state index contributed by atoms with van der Waals surface area (Å²) < 4.78 is 38.4. The third-order valence-corrected chi connectivity index (χ3v) is 3.71. The van der Waals surface area contributed by atoms with Crippen molar-refractivity contribution in [2.75, 3.05) is 0 Å². The molecular formula is C19H14F3N3O6. The molecule has 0 amide bonds. The highest BCUT2D eigenvalue weighted by Crippen LogP contribution is 2.29. The van der Waals surface area contributed by atoms with E-state index in [1.807, 2.05) is 0 Å². The molecule has 0 aliphatic carbocycles. The van der Waals surface area contributed by atoms with Gasteiger partial charge < -0.3 is 15.3 Å². The molecule has 1 aromatic carbocycles. The molecule has 31 heavy (non-hydrogen) atoms. The topological polar surface area (TPSA) is 143 Å². The van der Waals surface area contributed by atoms with E-state index in [-0.39, 0.29) is 22.5 Å². The summed E-state index contributed by atoms with van der Waals surface area (Å²) in [6.45, 7) is 1.65. The van der Waals surface area contributed by atoms with Gasteiger partial charge in [-0.1, -0.05) is 0 Å². The van der Waals surface area contributed by atoms with Gasteiger partial charge >= 0.3 is 24.1 Å². The number of hydrogen-bond donors (Lipinski definition) is 3. The lowest BCUT2D eigenvalue weighted by Gasteiger charge is -2.07. The van der Waals surface area contributed by atoms with Crippen molar-refractivity contribution in [1.29, 1.82) is 0 Å². The number of pyridine rings is 1. The largest absolute Gasteiger partial charge is 0.478 e. The Hall–Kier alpha value is -4.22. The Labute approximate surface area is 172 Å². The van der Waals surface area contributed by atoms with E-state index in [1.165, 1.54) is 12.1 Å². The second kappa shape index (κ2) is 9.07. The molecule has 0 bridgehead atoms. The molecular weight excluding hydrogens is 423 g/mol. The number of alkyl halides is 3. The molecule has 2 aromatic heterocycles. The van der Waals surface area contributed by atoms with Crippen LogP contribution in [0.3, 0.4) is 0 Å². The Balaban J connectivity index is 0.000000233. The summed E-state index contributed by atoms with van der Waals surface area (Å²) in [4.78, 5) is 35.4. The van der Waals surface area contributed by atoms with E-state index in [2.05, 4.69) is 10.1 Å². The van der Waals surface area contributed by atoms with Gasteiger partial charge in [0, 0.05) is 12.4 Å². The zero-order valence-corrected chi connectivity index (χ0v) is 15.7. The Morgan fingerprint density at radius 3 is 1.90 bits per heavy atom. The number of aromatic nitrogens is 3. The van der Waals surface area contributed by atoms with E-state index in [4.69, 9.17) is 15.3 Å². The molecule has 0 saturated heterocycles. The molecule has 0 aliphatic heterocycles. The van der Waals surface area contributed by atoms with Crippen LogP contribution in [-0.4, -0.2) is 48.0 Å². The van der Waals surface area contributed by atoms with Crippen LogP contribution in [0.4, 0.5) is 13.2 Å². The number of halogens is 3. The Morgan fingerprint density at radius 2 is 1.45 bits per heavy atom. The zero-order chi connectivity index (χ0) is 23.3. The van der Waals surface area contributed by atoms with Crippen molar-refractivity contribution in [3.8, 4) is 5.82 Å². The molecule has 9 nitrogen and oxygen atoms in total. The predicted molar refractivity (Wildman–Crippen MR) is 98.4 cm³/mol. The average molecular weight is 437 g/mol. The molecule has 0 saturated carbocycles. The van der Waals surface area contributed by atoms with Gasteiger partial charge in [0.25, 0.3) is 0 Å². The maximum atomic E-state index is 12.5. The van der Waals surface area contributed by atoms with Crippen LogP contribution in [0.25, 0.3) is 5.82 Å². The quantitative estimate of drug-likeness (QED) is 0.564. The van der Waals surface area contributed by atoms with Crippen LogP contribution in [0.1, 0.15) is 42.2 Å². The minimum absolute atomic E-state index is 0.00241. The van der Waals surface area contributed by atoms with Crippen LogP contribution < -0.4 is 0 Å². The minimum atomic E-state index is -4.49. The van der Waals surface area contributed by atoms with Crippen LogP contribution in [0.2, 0.25) is 0 Å². The lowest BCUT2D eigenvalue weighted by atomic mass is 10.1. The molecule has 3 rings (SSSR count). The standard InChI is InChI=1S/C10H6F3N3O2.C9H8O4/c11-10(12,13)7-1-2-14-8(3-7)16-5-6(4-15-16)9(17)18;1-5-2-6(8(10)11)4-7(3-5)9(12)13/h1-5H,(H,17,18);2-4H,1H3,(H,10,11)(H,12,13). The summed E-state index contributed by atoms with van der Waals surface area (Å²) in [5, 5.41) is 29.6. The van der Waals surface area contributed by atoms with Gasteiger partial charge in [0.05, 0.1) is 28.5 Å². The summed E-state index contributed by atoms with van der Waals surface area (Å²) >= 11 is 0. The van der Waals surface area contributed by atoms with Gasteiger partial charge in [0.15, 0.2) is 5.82 Å². The van der Waals surface area contributed by atoms with Crippen molar-refractivity contribution in [1.82, 2.24) is 14.8 Å². The van der Waals surface area contributed by atoms with Gasteiger partial charge in [-0.25, -0.2) is 24.0 Å². The third-order valence-electron chi connectivity index (χ3n) is 3.71. The van der Waals surface area contributed by atoms with Gasteiger partial charge in [0.1, 0.15) is 0 Å². The Morgan fingerprint density at radius 1 is 0.903 bits per heavy atom. The van der Waals surface area contributed by atoms with Crippen molar-refractivity contribution in [3.63, 3.8) is 0 Å². The van der Waals surface area contributed by atoms with E-state index in [0.29, 0.717) is 5.56 Å². The lowest BCUT2D eigenvalue weighted by Crippen LogP contribution is -2.07. The Bertz CT molecular complexity index is 1110. The fourth-order valence-corrected chi connectivity index (χ4v) is 2.31. The van der Waals surface area contributed by atoms with Crippen molar-refractivity contribution in [2.24, 2.45) is 0 Å². The summed E-state index contributed by atoms with van der Waals surface area (Å²) in [6.07, 6.45) is -1.38. The van der Waals surface area contributed by atoms with Gasteiger partial charge in [-0.15, -0.1) is 0 Å². The van der Waals surface area contributed by atoms with Gasteiger partial charge in [-0.2, -0.15) is 18.3 Å². The molecule has 162 valence electrons. The summed E-state index contributed by atoms with van der Waals surface area (Å²) in [7, 11) is 0. The van der Waals surface area contributed by atoms with Crippen LogP contribution >= 0.6 is 0 Å². The fourth-order valence-electron chi connectivity index (χ4n) is 2.31. The number of benzene rings is 1. The van der Waals surface area contributed by atoms with Gasteiger partial charge in [0.2, 0.25) is 0 Å². The smallest absolute Gasteiger partial charge is 0.416 e. The molecule has 12 heteroatoms. The highest BCUT2D eigenvalue weighted by atomic mass is 19.4. The molecule has 0 radical (unpaired) electrons. The molecule has 0 atom stereocenters. The number of rotatable bonds is 4. The van der Waals surface area contributed by atoms with E-state index in [0.717, 1.165) is 41.5 Å². The monoisotopic (exact) mass is 437 g/mol. The van der Waals surface area contributed by atoms with Crippen molar-refractivity contribution in [3.05, 3.63) is 76.7 Å². The maximum absolute atomic E-state index is 12.5. The lowest BCUT2D eigenvalue weighted by molar-refractivity contribution is -0.137. The molecule has 0 spiro atoms. The van der Waals surface area contributed by atoms with E-state index in [1.54, 1.807) is 6.92 Å². The average Bonchev–Trinajstić information content (AvgIpc) is 3.18. The van der Waals surface area contributed by atoms with E-state index < -0.39 is 29.6 Å². The minimum Gasteiger partial charge on any atom is -0.478 e. The second-order valence-corrected chi connectivity index (χ2v) is 6.08. The second-order valence-electron chi connectivity index (χ2n) is 6.08. The van der Waals surface area contributed by atoms with Crippen molar-refractivity contribution in [2.45, 2.75) is 13.1 Å². The number of nitrogens with zero attached hydrogens (tertiary/aromatic N) is 3. The van der Waals surface area contributed by atoms with Crippen LogP contribution in [0, 0.1) is 6.92 Å². The number of carboxylic acid groups (broad SMARTS) is 3. The molecule has 3 aromatic rings. The van der Waals surface area contributed by atoms with Gasteiger partial charge in [-0.3, -0.25) is 0 Å². The summed E-state index contributed by atoms with van der Waals surface area (Å²) in [5.41, 5.74) is -0.388. The highest BCUT2D eigenvalue weighted by Gasteiger charge is 2.31. The van der Waals surface area contributed by atoms with Crippen LogP contribution in [-0.2, 0) is 6.18 Å². The Kier molecular flexibility index (Phi) is 6.75. The number of aryl methyl sites for hydroxylation is 1. The van der Waals surface area contributed by atoms with Crippen molar-refractivity contribution < 1.29 is 42.9 Å². The van der Waals surface area contributed by atoms with E-state index in [9.17, 15) is 27.6 Å². The molecule has 3 N–H and O–H groups in total. The highest BCUT2D eigenvalue weighted by molar-refractivity contribution is 5.94. The zero-order valence-electron chi connectivity index (χ0n) is 15.7. The van der Waals surface area contributed by atoms with Crippen molar-refractivity contribution >= 4 is 17.9 Å². The van der Waals surface area contributed by atoms with E-state index >= 15 is 0 Å². The molecule has 0 aliphatic rings. The normalized spacial score (nSPS) is 10.7. The first-order chi connectivity index (χ1) is 14.4. The number of carboxylic acids is 3. The summed E-state index contributed by atoms with van der Waals surface area (Å²) in [5.74, 6) is -3.55. The molecule has 0 fully saturated rings. The molecule has 2 heterocycles. The first-order valence-electron chi connectivity index (χ1n) is 8.28. The fraction of sp³-hybridized carbons (Fsp3) is 0.105. The first kappa shape index (κ1) is 23.1. The number of carbonyl (C=O) groups is 3. The maximum Gasteiger partial charge on any atom is 0.416 e. The van der Waals surface area contributed by atoms with Gasteiger partial charge in [-0.05, 0) is 42.8 Å². The SMILES string of the molecule is Cc1cc(C(=O)O)cc(C(=O)O)c1.O=C(O)c1cnn(-c2cc(C(F)(F)F)ccn2)c1. The third kappa shape index (κ3) is 6.13. The summed E-state index contributed by atoms with van der Waals surface area (Å²) in [6, 6.07) is 5.60. The number of aromatic carboxylic acids is 3. The molecule has 0 unspecified atom stereocenters. The number of hydrogen-bond acceptors (Lipinski definition) is 5. The first-order valence-corrected chi connectivity index (χ1v) is 8.28. The predicted octanol–water partition coefficient (Wildman–Crippen LogP) is 3.38.